The maximum atomic E-state index is 14.8. The van der Waals surface area contributed by atoms with Crippen LogP contribution in [0.4, 0.5) is 8.78 Å². The molecule has 0 atom stereocenters. The summed E-state index contributed by atoms with van der Waals surface area (Å²) in [7, 11) is -3.25. The first-order valence-corrected chi connectivity index (χ1v) is 12.7. The summed E-state index contributed by atoms with van der Waals surface area (Å²) in [5.74, 6) is -4.66. The number of hydrogen-bond acceptors (Lipinski definition) is 7. The number of nitrogens with zero attached hydrogens (tertiary/aromatic N) is 3. The molecule has 2 aromatic rings. The van der Waals surface area contributed by atoms with E-state index in [1.165, 1.54) is 54.1 Å². The lowest BCUT2D eigenvalue weighted by Crippen LogP contribution is -2.44. The molecule has 1 heterocycles. The second kappa shape index (κ2) is 12.2. The van der Waals surface area contributed by atoms with Crippen molar-refractivity contribution in [1.82, 2.24) is 19.7 Å². The van der Waals surface area contributed by atoms with Crippen LogP contribution in [0, 0.1) is 11.6 Å². The molecule has 1 aliphatic carbocycles. The molecule has 1 aromatic heterocycles. The van der Waals surface area contributed by atoms with Crippen LogP contribution in [0.2, 0.25) is 0 Å². The highest BCUT2D eigenvalue weighted by atomic mass is 35.5. The zero-order valence-corrected chi connectivity index (χ0v) is 21.1. The molecule has 0 saturated heterocycles. The van der Waals surface area contributed by atoms with Crippen molar-refractivity contribution in [3.8, 4) is 5.75 Å². The second-order valence-corrected chi connectivity index (χ2v) is 10.3. The van der Waals surface area contributed by atoms with E-state index in [9.17, 15) is 26.8 Å². The Labute approximate surface area is 216 Å². The molecule has 2 amide bonds. The summed E-state index contributed by atoms with van der Waals surface area (Å²) >= 11 is 5.86. The summed E-state index contributed by atoms with van der Waals surface area (Å²) in [5.41, 5.74) is 1.61. The number of likely N-dealkylation sites (N-methyl/N-ethyl adjacent to an activating group) is 1. The number of pyridine rings is 1. The van der Waals surface area contributed by atoms with E-state index in [0.29, 0.717) is 39.9 Å². The molecule has 0 spiro atoms. The summed E-state index contributed by atoms with van der Waals surface area (Å²) in [6, 6.07) is 4.07. The number of carbonyl (C=O) groups is 2. The molecule has 198 valence electrons. The van der Waals surface area contributed by atoms with E-state index in [2.05, 4.69) is 4.98 Å². The smallest absolute Gasteiger partial charge is 0.258 e. The minimum Gasteiger partial charge on any atom is -0.456 e. The zero-order chi connectivity index (χ0) is 27.2. The maximum absolute atomic E-state index is 14.8. The number of carbonyl (C=O) groups excluding carboxylic acids is 2. The Balaban J connectivity index is 1.83. The molecule has 0 bridgehead atoms. The van der Waals surface area contributed by atoms with E-state index in [0.717, 1.165) is 0 Å². The van der Waals surface area contributed by atoms with Crippen molar-refractivity contribution in [3.63, 3.8) is 0 Å². The van der Waals surface area contributed by atoms with Crippen molar-refractivity contribution in [2.45, 2.75) is 17.7 Å². The number of amides is 2. The summed E-state index contributed by atoms with van der Waals surface area (Å²) in [6.07, 6.45) is 6.52. The maximum Gasteiger partial charge on any atom is 0.258 e. The van der Waals surface area contributed by atoms with E-state index in [4.69, 9.17) is 21.5 Å². The number of hydroxylamine groups is 1. The van der Waals surface area contributed by atoms with Gasteiger partial charge in [0.05, 0.1) is 11.4 Å². The SMILES string of the molecule is CN(CCN(CC(=O)NO)S(=O)(=O)c1cc(F)c(OC2=CC=C(Cl)CC2)c(F)c1)C(=O)c1ccncc1. The van der Waals surface area contributed by atoms with E-state index in [1.54, 1.807) is 0 Å². The van der Waals surface area contributed by atoms with Crippen LogP contribution < -0.4 is 10.2 Å². The molecular weight excluding hydrogens is 534 g/mol. The number of rotatable bonds is 10. The molecule has 1 aromatic carbocycles. The highest BCUT2D eigenvalue weighted by Crippen LogP contribution is 2.31. The fourth-order valence-corrected chi connectivity index (χ4v) is 4.87. The van der Waals surface area contributed by atoms with Gasteiger partial charge in [0.1, 0.15) is 5.76 Å². The molecule has 0 fully saturated rings. The topological polar surface area (TPSA) is 129 Å². The zero-order valence-electron chi connectivity index (χ0n) is 19.5. The van der Waals surface area contributed by atoms with Crippen LogP contribution in [-0.4, -0.2) is 66.3 Å². The lowest BCUT2D eigenvalue weighted by molar-refractivity contribution is -0.129. The molecule has 0 saturated carbocycles. The Hall–Kier alpha value is -3.39. The van der Waals surface area contributed by atoms with Gasteiger partial charge in [-0.3, -0.25) is 19.8 Å². The van der Waals surface area contributed by atoms with Crippen molar-refractivity contribution in [2.75, 3.05) is 26.7 Å². The Morgan fingerprint density at radius 3 is 2.35 bits per heavy atom. The van der Waals surface area contributed by atoms with Crippen LogP contribution >= 0.6 is 11.6 Å². The molecule has 2 N–H and O–H groups in total. The molecular formula is C23H23ClF2N4O6S. The fraction of sp³-hybridized carbons (Fsp3) is 0.261. The third-order valence-electron chi connectivity index (χ3n) is 5.31. The van der Waals surface area contributed by atoms with Gasteiger partial charge in [0.15, 0.2) is 17.4 Å². The van der Waals surface area contributed by atoms with Gasteiger partial charge in [-0.1, -0.05) is 11.6 Å². The number of aromatic nitrogens is 1. The van der Waals surface area contributed by atoms with Gasteiger partial charge in [-0.15, -0.1) is 0 Å². The summed E-state index contributed by atoms with van der Waals surface area (Å²) in [5, 5.41) is 9.44. The Morgan fingerprint density at radius 2 is 1.78 bits per heavy atom. The average molecular weight is 557 g/mol. The highest BCUT2D eigenvalue weighted by Gasteiger charge is 2.30. The van der Waals surface area contributed by atoms with Crippen molar-refractivity contribution in [3.05, 3.63) is 76.8 Å². The van der Waals surface area contributed by atoms with Crippen LogP contribution in [-0.2, 0) is 14.8 Å². The van der Waals surface area contributed by atoms with Crippen molar-refractivity contribution >= 4 is 33.4 Å². The van der Waals surface area contributed by atoms with Crippen LogP contribution in [0.5, 0.6) is 5.75 Å². The first-order valence-electron chi connectivity index (χ1n) is 10.8. The predicted octanol–water partition coefficient (Wildman–Crippen LogP) is 2.81. The average Bonchev–Trinajstić information content (AvgIpc) is 2.89. The lowest BCUT2D eigenvalue weighted by atomic mass is 10.1. The van der Waals surface area contributed by atoms with Gasteiger partial charge >= 0.3 is 0 Å². The molecule has 0 unspecified atom stereocenters. The Kier molecular flexibility index (Phi) is 9.32. The minimum atomic E-state index is -4.66. The number of sulfonamides is 1. The van der Waals surface area contributed by atoms with Crippen LogP contribution in [0.1, 0.15) is 23.2 Å². The number of halogens is 3. The third kappa shape index (κ3) is 7.10. The molecule has 0 radical (unpaired) electrons. The molecule has 10 nitrogen and oxygen atoms in total. The van der Waals surface area contributed by atoms with E-state index < -0.39 is 57.2 Å². The fourth-order valence-electron chi connectivity index (χ4n) is 3.30. The van der Waals surface area contributed by atoms with Crippen LogP contribution in [0.3, 0.4) is 0 Å². The van der Waals surface area contributed by atoms with Gasteiger partial charge in [0.25, 0.3) is 11.8 Å². The number of nitrogens with one attached hydrogen (secondary N) is 1. The van der Waals surface area contributed by atoms with Crippen molar-refractivity contribution in [2.24, 2.45) is 0 Å². The monoisotopic (exact) mass is 556 g/mol. The summed E-state index contributed by atoms with van der Waals surface area (Å²) in [6.45, 7) is -1.49. The van der Waals surface area contributed by atoms with Crippen LogP contribution in [0.15, 0.2) is 64.5 Å². The van der Waals surface area contributed by atoms with E-state index >= 15 is 0 Å². The van der Waals surface area contributed by atoms with Gasteiger partial charge in [0, 0.05) is 49.5 Å². The summed E-state index contributed by atoms with van der Waals surface area (Å²) < 4.78 is 61.9. The Morgan fingerprint density at radius 1 is 1.14 bits per heavy atom. The molecule has 14 heteroatoms. The lowest BCUT2D eigenvalue weighted by Gasteiger charge is -2.25. The van der Waals surface area contributed by atoms with Gasteiger partial charge in [-0.25, -0.2) is 22.7 Å². The van der Waals surface area contributed by atoms with Crippen LogP contribution in [0.25, 0.3) is 0 Å². The number of benzene rings is 1. The quantitative estimate of drug-likeness (QED) is 0.340. The number of ether oxygens (including phenoxy) is 1. The van der Waals surface area contributed by atoms with Gasteiger partial charge in [0.2, 0.25) is 10.0 Å². The molecule has 37 heavy (non-hydrogen) atoms. The third-order valence-corrected chi connectivity index (χ3v) is 7.44. The normalized spacial score (nSPS) is 13.6. The van der Waals surface area contributed by atoms with Crippen molar-refractivity contribution < 1.29 is 36.7 Å². The second-order valence-electron chi connectivity index (χ2n) is 7.90. The van der Waals surface area contributed by atoms with Gasteiger partial charge < -0.3 is 9.64 Å². The first-order chi connectivity index (χ1) is 17.5. The highest BCUT2D eigenvalue weighted by molar-refractivity contribution is 7.89. The van der Waals surface area contributed by atoms with E-state index in [1.807, 2.05) is 0 Å². The summed E-state index contributed by atoms with van der Waals surface area (Å²) in [4.78, 5) is 28.6. The standard InChI is InChI=1S/C23H23ClF2N4O6S/c1-29(23(32)15-6-8-27-9-7-15)10-11-30(14-21(31)28-33)37(34,35)18-12-19(25)22(20(26)13-18)36-17-4-2-16(24)3-5-17/h2,4,6-9,12-13,33H,3,5,10-11,14H2,1H3,(H,28,31). The first kappa shape index (κ1) is 28.2. The molecule has 0 aliphatic heterocycles. The Bertz CT molecular complexity index is 1310. The largest absolute Gasteiger partial charge is 0.456 e. The van der Waals surface area contributed by atoms with Gasteiger partial charge in [-0.2, -0.15) is 4.31 Å². The number of allylic oxidation sites excluding steroid dienone is 4. The molecule has 3 rings (SSSR count). The van der Waals surface area contributed by atoms with Gasteiger partial charge in [-0.05, 0) is 42.8 Å². The molecule has 1 aliphatic rings. The number of hydrogen-bond donors (Lipinski definition) is 2. The van der Waals surface area contributed by atoms with Crippen molar-refractivity contribution in [1.29, 1.82) is 0 Å². The van der Waals surface area contributed by atoms with E-state index in [-0.39, 0.29) is 12.3 Å². The predicted molar refractivity (Wildman–Crippen MR) is 128 cm³/mol. The minimum absolute atomic E-state index is 0.185.